The molecule has 2 aliphatic rings. The van der Waals surface area contributed by atoms with Crippen molar-refractivity contribution in [2.75, 3.05) is 14.2 Å². The summed E-state index contributed by atoms with van der Waals surface area (Å²) in [5.74, 6) is -0.808. The molecule has 4 heteroatoms. The summed E-state index contributed by atoms with van der Waals surface area (Å²) in [6.07, 6.45) is 8.94. The van der Waals surface area contributed by atoms with E-state index in [9.17, 15) is 9.59 Å². The van der Waals surface area contributed by atoms with E-state index in [0.717, 1.165) is 6.42 Å². The number of allylic oxidation sites excluding steroid dienone is 4. The number of methoxy groups -OCH3 is 2. The van der Waals surface area contributed by atoms with Crippen molar-refractivity contribution in [3.63, 3.8) is 0 Å². The van der Waals surface area contributed by atoms with Crippen molar-refractivity contribution in [2.24, 2.45) is 22.7 Å². The van der Waals surface area contributed by atoms with E-state index < -0.39 is 10.8 Å². The fourth-order valence-electron chi connectivity index (χ4n) is 4.41. The SMILES string of the molecule is C=CC[C@]1(C(=O)OC)[C@@H]2C=C[C@@H](C2)[C@]1(CC=C)C(=O)OC. The summed E-state index contributed by atoms with van der Waals surface area (Å²) in [5.41, 5.74) is -1.91. The van der Waals surface area contributed by atoms with E-state index in [-0.39, 0.29) is 23.8 Å². The fraction of sp³-hybridized carbons (Fsp3) is 0.529. The lowest BCUT2D eigenvalue weighted by Gasteiger charge is -2.46. The van der Waals surface area contributed by atoms with Gasteiger partial charge in [-0.05, 0) is 31.1 Å². The highest BCUT2D eigenvalue weighted by atomic mass is 16.5. The Bertz CT molecular complexity index is 463. The minimum Gasteiger partial charge on any atom is -0.469 e. The highest BCUT2D eigenvalue weighted by Gasteiger charge is 2.72. The summed E-state index contributed by atoms with van der Waals surface area (Å²) in [4.78, 5) is 25.4. The normalized spacial score (nSPS) is 36.3. The fourth-order valence-corrected chi connectivity index (χ4v) is 4.41. The van der Waals surface area contributed by atoms with Crippen molar-refractivity contribution < 1.29 is 19.1 Å². The van der Waals surface area contributed by atoms with Crippen LogP contribution < -0.4 is 0 Å². The smallest absolute Gasteiger partial charge is 0.313 e. The molecular formula is C17H22O4. The van der Waals surface area contributed by atoms with Crippen LogP contribution in [0, 0.1) is 22.7 Å². The van der Waals surface area contributed by atoms with Gasteiger partial charge in [-0.2, -0.15) is 0 Å². The number of esters is 2. The Labute approximate surface area is 125 Å². The molecule has 1 fully saturated rings. The molecule has 2 rings (SSSR count). The Morgan fingerprint density at radius 3 is 1.71 bits per heavy atom. The maximum absolute atomic E-state index is 12.7. The average molecular weight is 290 g/mol. The van der Waals surface area contributed by atoms with Crippen LogP contribution in [0.3, 0.4) is 0 Å². The first-order chi connectivity index (χ1) is 10.0. The van der Waals surface area contributed by atoms with Gasteiger partial charge in [-0.25, -0.2) is 0 Å². The minimum atomic E-state index is -0.954. The van der Waals surface area contributed by atoms with Crippen molar-refractivity contribution in [2.45, 2.75) is 19.3 Å². The predicted octanol–water partition coefficient (Wildman–Crippen LogP) is 2.66. The summed E-state index contributed by atoms with van der Waals surface area (Å²) >= 11 is 0. The second-order valence-electron chi connectivity index (χ2n) is 5.75. The first-order valence-electron chi connectivity index (χ1n) is 7.12. The van der Waals surface area contributed by atoms with E-state index in [4.69, 9.17) is 9.47 Å². The molecule has 0 N–H and O–H groups in total. The molecule has 0 aromatic carbocycles. The van der Waals surface area contributed by atoms with Crippen LogP contribution in [0.4, 0.5) is 0 Å². The van der Waals surface area contributed by atoms with Gasteiger partial charge in [0.15, 0.2) is 0 Å². The molecule has 0 unspecified atom stereocenters. The van der Waals surface area contributed by atoms with Crippen LogP contribution in [0.15, 0.2) is 37.5 Å². The number of ether oxygens (including phenoxy) is 2. The van der Waals surface area contributed by atoms with Gasteiger partial charge in [0.25, 0.3) is 0 Å². The lowest BCUT2D eigenvalue weighted by molar-refractivity contribution is -0.180. The first-order valence-corrected chi connectivity index (χ1v) is 7.12. The molecule has 0 saturated heterocycles. The molecule has 0 aromatic heterocycles. The number of carbonyl (C=O) groups is 2. The first kappa shape index (κ1) is 15.5. The Kier molecular flexibility index (Phi) is 4.08. The average Bonchev–Trinajstić information content (AvgIpc) is 3.07. The van der Waals surface area contributed by atoms with Crippen molar-refractivity contribution in [3.05, 3.63) is 37.5 Å². The van der Waals surface area contributed by atoms with Crippen LogP contribution in [0.5, 0.6) is 0 Å². The third kappa shape index (κ3) is 1.74. The summed E-state index contributed by atoms with van der Waals surface area (Å²) in [7, 11) is 2.72. The number of hydrogen-bond donors (Lipinski definition) is 0. The molecule has 0 heterocycles. The van der Waals surface area contributed by atoms with Gasteiger partial charge in [0.05, 0.1) is 25.0 Å². The van der Waals surface area contributed by atoms with Crippen LogP contribution >= 0.6 is 0 Å². The van der Waals surface area contributed by atoms with Crippen LogP contribution in [-0.2, 0) is 19.1 Å². The Morgan fingerprint density at radius 1 is 1.05 bits per heavy atom. The maximum atomic E-state index is 12.7. The molecule has 0 aliphatic heterocycles. The van der Waals surface area contributed by atoms with E-state index >= 15 is 0 Å². The van der Waals surface area contributed by atoms with Gasteiger partial charge in [0.1, 0.15) is 0 Å². The van der Waals surface area contributed by atoms with Crippen molar-refractivity contribution in [3.8, 4) is 0 Å². The summed E-state index contributed by atoms with van der Waals surface area (Å²) in [5, 5.41) is 0. The van der Waals surface area contributed by atoms with E-state index in [2.05, 4.69) is 13.2 Å². The summed E-state index contributed by atoms with van der Waals surface area (Å²) in [6, 6.07) is 0. The zero-order valence-electron chi connectivity index (χ0n) is 12.6. The molecule has 0 radical (unpaired) electrons. The predicted molar refractivity (Wildman–Crippen MR) is 79.3 cm³/mol. The molecule has 0 spiro atoms. The van der Waals surface area contributed by atoms with Crippen LogP contribution in [0.2, 0.25) is 0 Å². The van der Waals surface area contributed by atoms with Gasteiger partial charge in [0, 0.05) is 0 Å². The van der Waals surface area contributed by atoms with Crippen LogP contribution in [-0.4, -0.2) is 26.2 Å². The lowest BCUT2D eigenvalue weighted by atomic mass is 9.54. The van der Waals surface area contributed by atoms with E-state index in [1.54, 1.807) is 12.2 Å². The molecule has 0 amide bonds. The standard InChI is InChI=1S/C17H22O4/c1-5-9-16(14(18)20-3)12-7-8-13(11-12)17(16,10-6-2)15(19)21-4/h5-8,12-13H,1-2,9-11H2,3-4H3/t12-,13+,16-,17-/m1/s1. The van der Waals surface area contributed by atoms with Crippen molar-refractivity contribution in [1.29, 1.82) is 0 Å². The summed E-state index contributed by atoms with van der Waals surface area (Å²) in [6.45, 7) is 7.54. The second-order valence-corrected chi connectivity index (χ2v) is 5.75. The number of carbonyl (C=O) groups excluding carboxylic acids is 2. The molecule has 4 nitrogen and oxygen atoms in total. The summed E-state index contributed by atoms with van der Waals surface area (Å²) < 4.78 is 10.2. The maximum Gasteiger partial charge on any atom is 0.313 e. The molecular weight excluding hydrogens is 268 g/mol. The van der Waals surface area contributed by atoms with Crippen LogP contribution in [0.1, 0.15) is 19.3 Å². The molecule has 1 saturated carbocycles. The van der Waals surface area contributed by atoms with Gasteiger partial charge in [0.2, 0.25) is 0 Å². The zero-order valence-corrected chi connectivity index (χ0v) is 12.6. The highest BCUT2D eigenvalue weighted by Crippen LogP contribution is 2.67. The van der Waals surface area contributed by atoms with Crippen molar-refractivity contribution in [1.82, 2.24) is 0 Å². The minimum absolute atomic E-state index is 0.0352. The van der Waals surface area contributed by atoms with E-state index in [0.29, 0.717) is 12.8 Å². The second kappa shape index (κ2) is 5.51. The molecule has 2 aliphatic carbocycles. The van der Waals surface area contributed by atoms with Gasteiger partial charge in [-0.1, -0.05) is 24.3 Å². The van der Waals surface area contributed by atoms with Crippen molar-refractivity contribution >= 4 is 11.9 Å². The largest absolute Gasteiger partial charge is 0.469 e. The number of hydrogen-bond acceptors (Lipinski definition) is 4. The molecule has 21 heavy (non-hydrogen) atoms. The highest BCUT2D eigenvalue weighted by molar-refractivity contribution is 5.91. The molecule has 4 atom stereocenters. The quantitative estimate of drug-likeness (QED) is 0.557. The number of fused-ring (bicyclic) bond motifs is 2. The third-order valence-electron chi connectivity index (χ3n) is 5.18. The molecule has 2 bridgehead atoms. The van der Waals surface area contributed by atoms with Gasteiger partial charge >= 0.3 is 11.9 Å². The van der Waals surface area contributed by atoms with E-state index in [1.165, 1.54) is 14.2 Å². The Morgan fingerprint density at radius 2 is 1.43 bits per heavy atom. The third-order valence-corrected chi connectivity index (χ3v) is 5.18. The van der Waals surface area contributed by atoms with Gasteiger partial charge < -0.3 is 9.47 Å². The lowest BCUT2D eigenvalue weighted by Crippen LogP contribution is -2.55. The van der Waals surface area contributed by atoms with Crippen LogP contribution in [0.25, 0.3) is 0 Å². The van der Waals surface area contributed by atoms with Gasteiger partial charge in [-0.15, -0.1) is 13.2 Å². The Hall–Kier alpha value is -1.84. The molecule has 0 aromatic rings. The molecule has 114 valence electrons. The topological polar surface area (TPSA) is 52.6 Å². The monoisotopic (exact) mass is 290 g/mol. The zero-order chi connectivity index (χ0) is 15.7. The van der Waals surface area contributed by atoms with Gasteiger partial charge in [-0.3, -0.25) is 9.59 Å². The number of rotatable bonds is 6. The van der Waals surface area contributed by atoms with E-state index in [1.807, 2.05) is 12.2 Å². The Balaban J connectivity index is 2.70.